The van der Waals surface area contributed by atoms with Crippen LogP contribution < -0.4 is 4.90 Å². The zero-order valence-corrected chi connectivity index (χ0v) is 11.5. The maximum atomic E-state index is 4.41. The van der Waals surface area contributed by atoms with Crippen molar-refractivity contribution < 1.29 is 0 Å². The third-order valence-electron chi connectivity index (χ3n) is 3.20. The summed E-state index contributed by atoms with van der Waals surface area (Å²) in [4.78, 5) is 6.79. The van der Waals surface area contributed by atoms with E-state index in [1.807, 2.05) is 12.3 Å². The zero-order valence-electron chi connectivity index (χ0n) is 10.5. The Morgan fingerprint density at radius 3 is 2.25 bits per heavy atom. The topological polar surface area (TPSA) is 19.4 Å². The molecule has 0 unspecified atom stereocenters. The molecule has 0 spiro atoms. The van der Waals surface area contributed by atoms with Crippen LogP contribution in [0, 0.1) is 0 Å². The van der Waals surface area contributed by atoms with E-state index in [1.165, 1.54) is 13.1 Å². The number of hydrogen-bond acceptors (Lipinski definition) is 3. The minimum atomic E-state index is -1.10. The molecule has 1 aromatic rings. The molecule has 2 heterocycles. The smallest absolute Gasteiger partial charge is 0.128 e. The lowest BCUT2D eigenvalue weighted by atomic mass is 10.3. The van der Waals surface area contributed by atoms with E-state index in [2.05, 4.69) is 46.2 Å². The van der Waals surface area contributed by atoms with Gasteiger partial charge in [0.2, 0.25) is 0 Å². The van der Waals surface area contributed by atoms with Crippen molar-refractivity contribution in [2.24, 2.45) is 0 Å². The number of rotatable bonds is 2. The van der Waals surface area contributed by atoms with E-state index in [0.29, 0.717) is 0 Å². The van der Waals surface area contributed by atoms with Crippen LogP contribution in [0.1, 0.15) is 0 Å². The minimum absolute atomic E-state index is 1.10. The number of hydrogen-bond donors (Lipinski definition) is 0. The fourth-order valence-electron chi connectivity index (χ4n) is 2.15. The fourth-order valence-corrected chi connectivity index (χ4v) is 3.69. The molecule has 2 rings (SSSR count). The third-order valence-corrected chi connectivity index (χ3v) is 5.55. The summed E-state index contributed by atoms with van der Waals surface area (Å²) in [5, 5.41) is 0. The molecule has 0 aliphatic carbocycles. The number of piperazine rings is 1. The van der Waals surface area contributed by atoms with Crippen molar-refractivity contribution >= 4 is 14.1 Å². The van der Waals surface area contributed by atoms with E-state index in [4.69, 9.17) is 0 Å². The van der Waals surface area contributed by atoms with Gasteiger partial charge >= 0.3 is 0 Å². The fraction of sp³-hybridized carbons (Fsp3) is 0.583. The molecule has 4 heteroatoms. The predicted molar refractivity (Wildman–Crippen MR) is 71.4 cm³/mol. The second-order valence-corrected chi connectivity index (χ2v) is 10.3. The van der Waals surface area contributed by atoms with Crippen molar-refractivity contribution in [3.63, 3.8) is 0 Å². The summed E-state index contributed by atoms with van der Waals surface area (Å²) in [6.45, 7) is 11.9. The number of pyridine rings is 1. The van der Waals surface area contributed by atoms with Crippen LogP contribution in [0.5, 0.6) is 0 Å². The van der Waals surface area contributed by atoms with E-state index < -0.39 is 8.24 Å². The van der Waals surface area contributed by atoms with Crippen LogP contribution in [-0.4, -0.2) is 44.0 Å². The first-order valence-electron chi connectivity index (χ1n) is 5.98. The van der Waals surface area contributed by atoms with Crippen LogP contribution in [0.15, 0.2) is 24.4 Å². The summed E-state index contributed by atoms with van der Waals surface area (Å²) >= 11 is 0. The lowest BCUT2D eigenvalue weighted by Gasteiger charge is -2.41. The quantitative estimate of drug-likeness (QED) is 0.731. The normalized spacial score (nSPS) is 18.8. The van der Waals surface area contributed by atoms with Crippen LogP contribution >= 0.6 is 0 Å². The van der Waals surface area contributed by atoms with Gasteiger partial charge in [0.15, 0.2) is 0 Å². The van der Waals surface area contributed by atoms with Crippen molar-refractivity contribution in [1.29, 1.82) is 0 Å². The van der Waals surface area contributed by atoms with Crippen molar-refractivity contribution in [2.45, 2.75) is 19.6 Å². The molecule has 1 aromatic heterocycles. The van der Waals surface area contributed by atoms with Crippen molar-refractivity contribution in [3.8, 4) is 0 Å². The minimum Gasteiger partial charge on any atom is -0.354 e. The van der Waals surface area contributed by atoms with Gasteiger partial charge in [-0.3, -0.25) is 0 Å². The molecule has 0 aromatic carbocycles. The van der Waals surface area contributed by atoms with Crippen molar-refractivity contribution in [3.05, 3.63) is 24.4 Å². The number of nitrogens with zero attached hydrogens (tertiary/aromatic N) is 3. The van der Waals surface area contributed by atoms with E-state index >= 15 is 0 Å². The second-order valence-electron chi connectivity index (χ2n) is 5.33. The molecule has 16 heavy (non-hydrogen) atoms. The van der Waals surface area contributed by atoms with Crippen molar-refractivity contribution in [1.82, 2.24) is 9.55 Å². The predicted octanol–water partition coefficient (Wildman–Crippen LogP) is 2.04. The van der Waals surface area contributed by atoms with E-state index in [0.717, 1.165) is 18.9 Å². The van der Waals surface area contributed by atoms with Gasteiger partial charge in [0, 0.05) is 32.4 Å². The van der Waals surface area contributed by atoms with Crippen LogP contribution in [0.4, 0.5) is 5.82 Å². The summed E-state index contributed by atoms with van der Waals surface area (Å²) in [5.41, 5.74) is 0. The molecule has 0 amide bonds. The highest BCUT2D eigenvalue weighted by molar-refractivity contribution is 6.73. The SMILES string of the molecule is C[Si](C)(C)N1CCN(c2ccccn2)CC1. The third kappa shape index (κ3) is 2.62. The first-order valence-corrected chi connectivity index (χ1v) is 9.43. The molecule has 3 nitrogen and oxygen atoms in total. The van der Waals surface area contributed by atoms with Gasteiger partial charge < -0.3 is 9.47 Å². The van der Waals surface area contributed by atoms with E-state index in [9.17, 15) is 0 Å². The van der Waals surface area contributed by atoms with E-state index in [-0.39, 0.29) is 0 Å². The Labute approximate surface area is 99.2 Å². The molecule has 88 valence electrons. The first-order chi connectivity index (χ1) is 7.57. The number of anilines is 1. The van der Waals surface area contributed by atoms with Crippen LogP contribution in [0.3, 0.4) is 0 Å². The Hall–Kier alpha value is -0.873. The molecule has 0 radical (unpaired) electrons. The van der Waals surface area contributed by atoms with Gasteiger partial charge in [-0.15, -0.1) is 0 Å². The van der Waals surface area contributed by atoms with Gasteiger partial charge in [0.05, 0.1) is 0 Å². The molecule has 0 atom stereocenters. The highest BCUT2D eigenvalue weighted by atomic mass is 28.3. The molecule has 0 bridgehead atoms. The average molecular weight is 235 g/mol. The van der Waals surface area contributed by atoms with Gasteiger partial charge in [0.1, 0.15) is 14.1 Å². The Morgan fingerprint density at radius 2 is 1.75 bits per heavy atom. The Kier molecular flexibility index (Phi) is 3.30. The number of aromatic nitrogens is 1. The summed E-state index contributed by atoms with van der Waals surface area (Å²) in [7, 11) is -1.10. The van der Waals surface area contributed by atoms with Crippen LogP contribution in [0.25, 0.3) is 0 Å². The van der Waals surface area contributed by atoms with Gasteiger partial charge in [-0.05, 0) is 12.1 Å². The maximum Gasteiger partial charge on any atom is 0.128 e. The molecule has 1 fully saturated rings. The zero-order chi connectivity index (χ0) is 11.6. The first kappa shape index (κ1) is 11.6. The Balaban J connectivity index is 1.96. The standard InChI is InChI=1S/C12H21N3Si/c1-16(2,3)15-10-8-14(9-11-15)12-6-4-5-7-13-12/h4-7H,8-11H2,1-3H3. The maximum absolute atomic E-state index is 4.41. The Bertz CT molecular complexity index is 326. The Morgan fingerprint density at radius 1 is 1.06 bits per heavy atom. The van der Waals surface area contributed by atoms with Crippen LogP contribution in [-0.2, 0) is 0 Å². The lowest BCUT2D eigenvalue weighted by Crippen LogP contribution is -2.56. The van der Waals surface area contributed by atoms with Gasteiger partial charge in [-0.2, -0.15) is 0 Å². The summed E-state index contributed by atoms with van der Waals surface area (Å²) < 4.78 is 2.67. The van der Waals surface area contributed by atoms with Crippen LogP contribution in [0.2, 0.25) is 19.6 Å². The molecular weight excluding hydrogens is 214 g/mol. The average Bonchev–Trinajstić information content (AvgIpc) is 2.29. The van der Waals surface area contributed by atoms with Gasteiger partial charge in [-0.1, -0.05) is 25.7 Å². The molecule has 0 saturated carbocycles. The summed E-state index contributed by atoms with van der Waals surface area (Å²) in [6, 6.07) is 6.14. The molecular formula is C12H21N3Si. The highest BCUT2D eigenvalue weighted by Crippen LogP contribution is 2.16. The summed E-state index contributed by atoms with van der Waals surface area (Å²) in [5.74, 6) is 1.12. The van der Waals surface area contributed by atoms with Gasteiger partial charge in [-0.25, -0.2) is 4.98 Å². The molecule has 1 saturated heterocycles. The van der Waals surface area contributed by atoms with E-state index in [1.54, 1.807) is 0 Å². The molecule has 1 aliphatic heterocycles. The summed E-state index contributed by atoms with van der Waals surface area (Å²) in [6.07, 6.45) is 1.88. The second kappa shape index (κ2) is 4.55. The van der Waals surface area contributed by atoms with Gasteiger partial charge in [0.25, 0.3) is 0 Å². The highest BCUT2D eigenvalue weighted by Gasteiger charge is 2.27. The van der Waals surface area contributed by atoms with Crippen molar-refractivity contribution in [2.75, 3.05) is 31.1 Å². The monoisotopic (exact) mass is 235 g/mol. The molecule has 1 aliphatic rings. The lowest BCUT2D eigenvalue weighted by molar-refractivity contribution is 0.388. The molecule has 0 N–H and O–H groups in total. The largest absolute Gasteiger partial charge is 0.354 e.